The summed E-state index contributed by atoms with van der Waals surface area (Å²) in [6.45, 7) is 0. The minimum atomic E-state index is -4.51. The molecule has 2 heterocycles. The highest BCUT2D eigenvalue weighted by Gasteiger charge is 2.31. The fourth-order valence-electron chi connectivity index (χ4n) is 2.00. The third-order valence-electron chi connectivity index (χ3n) is 3.02. The molecular formula is C14H9F3N2O2S2. The molecule has 2 aromatic heterocycles. The molecule has 0 fully saturated rings. The number of fused-ring (bicyclic) bond motifs is 1. The molecule has 0 unspecified atom stereocenters. The Morgan fingerprint density at radius 3 is 2.61 bits per heavy atom. The summed E-state index contributed by atoms with van der Waals surface area (Å²) in [7, 11) is -3.84. The molecule has 23 heavy (non-hydrogen) atoms. The van der Waals surface area contributed by atoms with E-state index in [-0.39, 0.29) is 9.90 Å². The summed E-state index contributed by atoms with van der Waals surface area (Å²) in [5.74, 6) is -0.545. The second kappa shape index (κ2) is 5.57. The summed E-state index contributed by atoms with van der Waals surface area (Å²) in [5, 5.41) is 0. The van der Waals surface area contributed by atoms with Crippen molar-refractivity contribution in [2.45, 2.75) is 16.3 Å². The Bertz CT molecular complexity index is 932. The quantitative estimate of drug-likeness (QED) is 0.717. The van der Waals surface area contributed by atoms with Gasteiger partial charge in [0.15, 0.2) is 0 Å². The molecule has 3 rings (SSSR count). The molecule has 0 bridgehead atoms. The number of benzene rings is 1. The second-order valence-corrected chi connectivity index (χ2v) is 7.91. The molecule has 0 spiro atoms. The van der Waals surface area contributed by atoms with Gasteiger partial charge in [0.05, 0.1) is 11.3 Å². The van der Waals surface area contributed by atoms with Gasteiger partial charge >= 0.3 is 6.18 Å². The summed E-state index contributed by atoms with van der Waals surface area (Å²) in [6, 6.07) is 7.53. The van der Waals surface area contributed by atoms with Crippen LogP contribution in [0.25, 0.3) is 10.3 Å². The van der Waals surface area contributed by atoms with E-state index >= 15 is 0 Å². The maximum Gasteiger partial charge on any atom is 0.416 e. The van der Waals surface area contributed by atoms with E-state index in [9.17, 15) is 21.6 Å². The smallest absolute Gasteiger partial charge is 0.244 e. The van der Waals surface area contributed by atoms with Gasteiger partial charge in [-0.3, -0.25) is 0 Å². The first kappa shape index (κ1) is 15.9. The van der Waals surface area contributed by atoms with Crippen molar-refractivity contribution in [3.8, 4) is 0 Å². The van der Waals surface area contributed by atoms with E-state index in [0.29, 0.717) is 10.3 Å². The van der Waals surface area contributed by atoms with Crippen LogP contribution in [-0.2, 0) is 21.8 Å². The van der Waals surface area contributed by atoms with Gasteiger partial charge in [-0.25, -0.2) is 18.4 Å². The zero-order chi connectivity index (χ0) is 16.7. The number of sulfone groups is 1. The molecule has 0 saturated heterocycles. The predicted molar refractivity (Wildman–Crippen MR) is 79.7 cm³/mol. The lowest BCUT2D eigenvalue weighted by Gasteiger charge is -2.08. The fraction of sp³-hybridized carbons (Fsp3) is 0.143. The number of alkyl halides is 3. The Morgan fingerprint density at radius 2 is 1.91 bits per heavy atom. The third kappa shape index (κ3) is 3.35. The highest BCUT2D eigenvalue weighted by atomic mass is 32.2. The fourth-order valence-corrected chi connectivity index (χ4v) is 4.54. The molecule has 0 N–H and O–H groups in total. The molecule has 1 aromatic carbocycles. The van der Waals surface area contributed by atoms with Gasteiger partial charge in [0.2, 0.25) is 14.2 Å². The number of hydrogen-bond acceptors (Lipinski definition) is 5. The van der Waals surface area contributed by atoms with Crippen LogP contribution in [-0.4, -0.2) is 18.4 Å². The van der Waals surface area contributed by atoms with Crippen LogP contribution in [0.4, 0.5) is 13.2 Å². The maximum atomic E-state index is 12.7. The number of rotatable bonds is 3. The summed E-state index contributed by atoms with van der Waals surface area (Å²) in [6.07, 6.45) is -3.00. The SMILES string of the molecule is O=S(=O)(Cc1cccc(C(F)(F)F)c1)c1nc2cccnc2s1. The van der Waals surface area contributed by atoms with Crippen LogP contribution in [0.2, 0.25) is 0 Å². The Hall–Kier alpha value is -2.00. The zero-order valence-corrected chi connectivity index (χ0v) is 13.0. The van der Waals surface area contributed by atoms with Gasteiger partial charge in [-0.2, -0.15) is 13.2 Å². The summed E-state index contributed by atoms with van der Waals surface area (Å²) in [5.41, 5.74) is -0.372. The summed E-state index contributed by atoms with van der Waals surface area (Å²) in [4.78, 5) is 8.48. The van der Waals surface area contributed by atoms with Gasteiger partial charge in [-0.15, -0.1) is 0 Å². The number of nitrogens with zero attached hydrogens (tertiary/aromatic N) is 2. The molecule has 120 valence electrons. The molecule has 0 aliphatic rings. The number of halogens is 3. The van der Waals surface area contributed by atoms with Crippen molar-refractivity contribution in [2.75, 3.05) is 0 Å². The van der Waals surface area contributed by atoms with E-state index in [2.05, 4.69) is 9.97 Å². The van der Waals surface area contributed by atoms with Crippen LogP contribution in [0, 0.1) is 0 Å². The maximum absolute atomic E-state index is 12.7. The second-order valence-electron chi connectivity index (χ2n) is 4.76. The van der Waals surface area contributed by atoms with Crippen LogP contribution in [0.5, 0.6) is 0 Å². The van der Waals surface area contributed by atoms with Gasteiger partial charge in [-0.05, 0) is 23.8 Å². The first-order valence-corrected chi connectivity index (χ1v) is 8.83. The first-order valence-electron chi connectivity index (χ1n) is 6.36. The van der Waals surface area contributed by atoms with E-state index in [1.54, 1.807) is 12.1 Å². The Balaban J connectivity index is 1.95. The van der Waals surface area contributed by atoms with Crippen LogP contribution in [0.15, 0.2) is 46.9 Å². The molecule has 0 aliphatic heterocycles. The molecule has 3 aromatic rings. The van der Waals surface area contributed by atoms with Crippen LogP contribution >= 0.6 is 11.3 Å². The number of hydrogen-bond donors (Lipinski definition) is 0. The van der Waals surface area contributed by atoms with Crippen molar-refractivity contribution in [1.29, 1.82) is 0 Å². The minimum Gasteiger partial charge on any atom is -0.244 e. The highest BCUT2D eigenvalue weighted by molar-refractivity contribution is 7.92. The van der Waals surface area contributed by atoms with Crippen LogP contribution < -0.4 is 0 Å². The van der Waals surface area contributed by atoms with E-state index < -0.39 is 27.3 Å². The first-order chi connectivity index (χ1) is 10.8. The summed E-state index contributed by atoms with van der Waals surface area (Å²) >= 11 is 0.901. The van der Waals surface area contributed by atoms with Gasteiger partial charge in [0.1, 0.15) is 10.3 Å². The van der Waals surface area contributed by atoms with Crippen molar-refractivity contribution in [3.63, 3.8) is 0 Å². The van der Waals surface area contributed by atoms with Gasteiger partial charge < -0.3 is 0 Å². The number of pyridine rings is 1. The van der Waals surface area contributed by atoms with Crippen molar-refractivity contribution >= 4 is 31.5 Å². The highest BCUT2D eigenvalue weighted by Crippen LogP contribution is 2.31. The molecule has 4 nitrogen and oxygen atoms in total. The predicted octanol–water partition coefficient (Wildman–Crippen LogP) is 3.68. The monoisotopic (exact) mass is 358 g/mol. The molecule has 0 atom stereocenters. The average Bonchev–Trinajstić information content (AvgIpc) is 2.91. The largest absolute Gasteiger partial charge is 0.416 e. The lowest BCUT2D eigenvalue weighted by atomic mass is 10.1. The van der Waals surface area contributed by atoms with Crippen molar-refractivity contribution in [2.24, 2.45) is 0 Å². The lowest BCUT2D eigenvalue weighted by Crippen LogP contribution is -2.08. The molecule has 0 radical (unpaired) electrons. The van der Waals surface area contributed by atoms with Crippen molar-refractivity contribution in [1.82, 2.24) is 9.97 Å². The molecule has 9 heteroatoms. The van der Waals surface area contributed by atoms with Crippen LogP contribution in [0.3, 0.4) is 0 Å². The van der Waals surface area contributed by atoms with E-state index in [1.165, 1.54) is 18.3 Å². The zero-order valence-electron chi connectivity index (χ0n) is 11.4. The van der Waals surface area contributed by atoms with E-state index in [0.717, 1.165) is 23.5 Å². The third-order valence-corrected chi connectivity index (χ3v) is 6.15. The normalized spacial score (nSPS) is 12.7. The van der Waals surface area contributed by atoms with Crippen molar-refractivity contribution < 1.29 is 21.6 Å². The lowest BCUT2D eigenvalue weighted by molar-refractivity contribution is -0.137. The Labute approximate surface area is 133 Å². The minimum absolute atomic E-state index is 0.0621. The van der Waals surface area contributed by atoms with Crippen LogP contribution in [0.1, 0.15) is 11.1 Å². The van der Waals surface area contributed by atoms with E-state index in [1.807, 2.05) is 0 Å². The Morgan fingerprint density at radius 1 is 1.13 bits per heavy atom. The average molecular weight is 358 g/mol. The summed E-state index contributed by atoms with van der Waals surface area (Å²) < 4.78 is 62.7. The van der Waals surface area contributed by atoms with Gasteiger partial charge in [-0.1, -0.05) is 29.5 Å². The number of aromatic nitrogens is 2. The van der Waals surface area contributed by atoms with Crippen molar-refractivity contribution in [3.05, 3.63) is 53.7 Å². The Kier molecular flexibility index (Phi) is 3.85. The molecular weight excluding hydrogens is 349 g/mol. The van der Waals surface area contributed by atoms with E-state index in [4.69, 9.17) is 0 Å². The number of thiazole rings is 1. The topological polar surface area (TPSA) is 59.9 Å². The van der Waals surface area contributed by atoms with Gasteiger partial charge in [0, 0.05) is 6.20 Å². The molecule has 0 saturated carbocycles. The molecule has 0 amide bonds. The molecule has 0 aliphatic carbocycles. The van der Waals surface area contributed by atoms with Gasteiger partial charge in [0.25, 0.3) is 0 Å². The standard InChI is InChI=1S/C14H9F3N2O2S2/c15-14(16,17)10-4-1-3-9(7-10)8-23(20,21)13-19-11-5-2-6-18-12(11)22-13/h1-7H,8H2.